The number of halogens is 1. The average Bonchev–Trinajstić information content (AvgIpc) is 2.82. The van der Waals surface area contributed by atoms with Gasteiger partial charge in [-0.25, -0.2) is 12.8 Å². The van der Waals surface area contributed by atoms with Crippen LogP contribution < -0.4 is 9.62 Å². The highest BCUT2D eigenvalue weighted by Crippen LogP contribution is 2.20. The molecule has 0 radical (unpaired) electrons. The van der Waals surface area contributed by atoms with E-state index in [4.69, 9.17) is 0 Å². The molecule has 0 aliphatic carbocycles. The summed E-state index contributed by atoms with van der Waals surface area (Å²) in [7, 11) is -3.63. The molecule has 2 amide bonds. The number of sulfonamides is 1. The van der Waals surface area contributed by atoms with E-state index in [0.717, 1.165) is 23.8 Å². The van der Waals surface area contributed by atoms with Crippen molar-refractivity contribution in [3.63, 3.8) is 0 Å². The predicted molar refractivity (Wildman–Crippen MR) is 142 cm³/mol. The molecular formula is C27H38FN3O4S. The van der Waals surface area contributed by atoms with Gasteiger partial charge in [-0.1, -0.05) is 38.1 Å². The van der Waals surface area contributed by atoms with Gasteiger partial charge < -0.3 is 10.2 Å². The molecule has 0 saturated carbocycles. The Morgan fingerprint density at radius 3 is 2.22 bits per heavy atom. The molecule has 7 nitrogen and oxygen atoms in total. The summed E-state index contributed by atoms with van der Waals surface area (Å²) in [5, 5.41) is 2.99. The Balaban J connectivity index is 2.23. The number of hydrogen-bond donors (Lipinski definition) is 1. The number of rotatable bonds is 13. The van der Waals surface area contributed by atoms with E-state index in [9.17, 15) is 22.4 Å². The van der Waals surface area contributed by atoms with E-state index < -0.39 is 21.9 Å². The number of hydrogen-bond acceptors (Lipinski definition) is 4. The summed E-state index contributed by atoms with van der Waals surface area (Å²) in [6.45, 7) is 8.09. The standard InChI is InChI=1S/C27H38FN3O4S/c1-6-21(4)29-27(33)25(7-2)30(19-22-12-9-8-11-20(22)3)26(32)13-10-18-31(36(5,34)35)24-16-14-23(28)15-17-24/h8-9,11-12,14-17,21,25H,6-7,10,13,18-19H2,1-5H3,(H,29,33)/t21-,25-/m1/s1. The van der Waals surface area contributed by atoms with Gasteiger partial charge in [-0.3, -0.25) is 13.9 Å². The molecule has 0 aliphatic heterocycles. The van der Waals surface area contributed by atoms with Crippen LogP contribution in [-0.4, -0.2) is 50.0 Å². The van der Waals surface area contributed by atoms with Crippen molar-refractivity contribution in [2.75, 3.05) is 17.1 Å². The zero-order valence-electron chi connectivity index (χ0n) is 21.8. The van der Waals surface area contributed by atoms with Gasteiger partial charge in [-0.2, -0.15) is 0 Å². The first kappa shape index (κ1) is 29.3. The van der Waals surface area contributed by atoms with E-state index >= 15 is 0 Å². The number of carbonyl (C=O) groups excluding carboxylic acids is 2. The molecule has 9 heteroatoms. The quantitative estimate of drug-likeness (QED) is 0.425. The number of benzene rings is 2. The summed E-state index contributed by atoms with van der Waals surface area (Å²) >= 11 is 0. The van der Waals surface area contributed by atoms with Gasteiger partial charge in [0.2, 0.25) is 21.8 Å². The Morgan fingerprint density at radius 1 is 1.03 bits per heavy atom. The van der Waals surface area contributed by atoms with Gasteiger partial charge in [-0.15, -0.1) is 0 Å². The number of aryl methyl sites for hydroxylation is 1. The molecule has 2 atom stereocenters. The van der Waals surface area contributed by atoms with Gasteiger partial charge in [0, 0.05) is 25.6 Å². The summed E-state index contributed by atoms with van der Waals surface area (Å²) in [6.07, 6.45) is 2.61. The highest BCUT2D eigenvalue weighted by atomic mass is 32.2. The van der Waals surface area contributed by atoms with Crippen LogP contribution in [-0.2, 0) is 26.2 Å². The zero-order chi connectivity index (χ0) is 26.9. The fourth-order valence-electron chi connectivity index (χ4n) is 3.94. The van der Waals surface area contributed by atoms with Crippen LogP contribution in [0.5, 0.6) is 0 Å². The lowest BCUT2D eigenvalue weighted by Crippen LogP contribution is -2.50. The fraction of sp³-hybridized carbons (Fsp3) is 0.481. The lowest BCUT2D eigenvalue weighted by atomic mass is 10.0. The molecule has 0 unspecified atom stereocenters. The van der Waals surface area contributed by atoms with Gasteiger partial charge in [0.15, 0.2) is 0 Å². The molecular weight excluding hydrogens is 481 g/mol. The summed E-state index contributed by atoms with van der Waals surface area (Å²) < 4.78 is 39.2. The number of anilines is 1. The molecule has 0 bridgehead atoms. The van der Waals surface area contributed by atoms with Crippen LogP contribution in [0.1, 0.15) is 57.6 Å². The molecule has 0 saturated heterocycles. The second-order valence-corrected chi connectivity index (χ2v) is 11.0. The molecule has 0 fully saturated rings. The van der Waals surface area contributed by atoms with Crippen LogP contribution in [0.4, 0.5) is 10.1 Å². The minimum atomic E-state index is -3.63. The van der Waals surface area contributed by atoms with E-state index in [-0.39, 0.29) is 43.8 Å². The van der Waals surface area contributed by atoms with Crippen LogP contribution in [0, 0.1) is 12.7 Å². The van der Waals surface area contributed by atoms with Crippen molar-refractivity contribution in [1.82, 2.24) is 10.2 Å². The van der Waals surface area contributed by atoms with Crippen LogP contribution in [0.25, 0.3) is 0 Å². The summed E-state index contributed by atoms with van der Waals surface area (Å²) in [5.41, 5.74) is 2.30. The number of nitrogens with one attached hydrogen (secondary N) is 1. The smallest absolute Gasteiger partial charge is 0.243 e. The van der Waals surface area contributed by atoms with Crippen molar-refractivity contribution in [2.24, 2.45) is 0 Å². The van der Waals surface area contributed by atoms with Crippen molar-refractivity contribution in [3.8, 4) is 0 Å². The van der Waals surface area contributed by atoms with Crippen molar-refractivity contribution >= 4 is 27.5 Å². The Kier molecular flexibility index (Phi) is 10.9. The van der Waals surface area contributed by atoms with E-state index in [1.54, 1.807) is 4.90 Å². The SMILES string of the molecule is CC[C@@H](C)NC(=O)[C@@H](CC)N(Cc1ccccc1C)C(=O)CCCN(c1ccc(F)cc1)S(C)(=O)=O. The monoisotopic (exact) mass is 519 g/mol. The van der Waals surface area contributed by atoms with Gasteiger partial charge in [0.05, 0.1) is 11.9 Å². The molecule has 36 heavy (non-hydrogen) atoms. The second kappa shape index (κ2) is 13.4. The molecule has 1 N–H and O–H groups in total. The third-order valence-corrected chi connectivity index (χ3v) is 7.45. The maximum Gasteiger partial charge on any atom is 0.243 e. The summed E-state index contributed by atoms with van der Waals surface area (Å²) in [4.78, 5) is 28.1. The molecule has 0 aliphatic rings. The number of carbonyl (C=O) groups is 2. The summed E-state index contributed by atoms with van der Waals surface area (Å²) in [6, 6.07) is 12.3. The fourth-order valence-corrected chi connectivity index (χ4v) is 4.91. The van der Waals surface area contributed by atoms with Crippen molar-refractivity contribution in [2.45, 2.75) is 72.0 Å². The molecule has 2 aromatic rings. The largest absolute Gasteiger partial charge is 0.352 e. The van der Waals surface area contributed by atoms with Gasteiger partial charge in [0.25, 0.3) is 0 Å². The average molecular weight is 520 g/mol. The minimum absolute atomic E-state index is 0.0130. The molecule has 0 aromatic heterocycles. The topological polar surface area (TPSA) is 86.8 Å². The Morgan fingerprint density at radius 2 is 1.67 bits per heavy atom. The lowest BCUT2D eigenvalue weighted by molar-refractivity contribution is -0.141. The first-order chi connectivity index (χ1) is 17.0. The second-order valence-electron chi connectivity index (χ2n) is 9.11. The normalized spacial score (nSPS) is 13.1. The highest BCUT2D eigenvalue weighted by molar-refractivity contribution is 7.92. The zero-order valence-corrected chi connectivity index (χ0v) is 22.6. The van der Waals surface area contributed by atoms with Crippen LogP contribution >= 0.6 is 0 Å². The first-order valence-corrected chi connectivity index (χ1v) is 14.2. The summed E-state index contributed by atoms with van der Waals surface area (Å²) in [5.74, 6) is -0.884. The Bertz CT molecular complexity index is 1120. The van der Waals surface area contributed by atoms with E-state index in [0.29, 0.717) is 12.1 Å². The Labute approximate surface area is 214 Å². The van der Waals surface area contributed by atoms with E-state index in [2.05, 4.69) is 5.32 Å². The Hall–Kier alpha value is -2.94. The van der Waals surface area contributed by atoms with Crippen molar-refractivity contribution in [1.29, 1.82) is 0 Å². The minimum Gasteiger partial charge on any atom is -0.352 e. The van der Waals surface area contributed by atoms with Crippen LogP contribution in [0.2, 0.25) is 0 Å². The third kappa shape index (κ3) is 8.33. The third-order valence-electron chi connectivity index (χ3n) is 6.26. The number of nitrogens with zero attached hydrogens (tertiary/aromatic N) is 2. The maximum absolute atomic E-state index is 13.5. The molecule has 2 rings (SSSR count). The predicted octanol–water partition coefficient (Wildman–Crippen LogP) is 4.40. The highest BCUT2D eigenvalue weighted by Gasteiger charge is 2.29. The molecule has 0 heterocycles. The van der Waals surface area contributed by atoms with Crippen LogP contribution in [0.15, 0.2) is 48.5 Å². The lowest BCUT2D eigenvalue weighted by Gasteiger charge is -2.32. The molecule has 2 aromatic carbocycles. The van der Waals surface area contributed by atoms with Gasteiger partial charge >= 0.3 is 0 Å². The van der Waals surface area contributed by atoms with Crippen molar-refractivity contribution in [3.05, 3.63) is 65.5 Å². The van der Waals surface area contributed by atoms with Crippen molar-refractivity contribution < 1.29 is 22.4 Å². The maximum atomic E-state index is 13.5. The first-order valence-electron chi connectivity index (χ1n) is 12.4. The van der Waals surface area contributed by atoms with Crippen LogP contribution in [0.3, 0.4) is 0 Å². The molecule has 0 spiro atoms. The number of amides is 2. The molecule has 198 valence electrons. The van der Waals surface area contributed by atoms with Gasteiger partial charge in [0.1, 0.15) is 11.9 Å². The van der Waals surface area contributed by atoms with Gasteiger partial charge in [-0.05, 0) is 68.5 Å². The van der Waals surface area contributed by atoms with E-state index in [1.807, 2.05) is 52.0 Å². The van der Waals surface area contributed by atoms with E-state index in [1.165, 1.54) is 28.6 Å².